The van der Waals surface area contributed by atoms with Gasteiger partial charge in [-0.25, -0.2) is 4.79 Å². The summed E-state index contributed by atoms with van der Waals surface area (Å²) in [5.41, 5.74) is 0.956. The van der Waals surface area contributed by atoms with Gasteiger partial charge in [0.2, 0.25) is 0 Å². The first-order valence-electron chi connectivity index (χ1n) is 7.32. The maximum Gasteiger partial charge on any atom is 0.410 e. The van der Waals surface area contributed by atoms with Crippen molar-refractivity contribution in [3.8, 4) is 0 Å². The largest absolute Gasteiger partial charge is 0.481 e. The van der Waals surface area contributed by atoms with Gasteiger partial charge in [-0.05, 0) is 30.2 Å². The highest BCUT2D eigenvalue weighted by Crippen LogP contribution is 2.43. The summed E-state index contributed by atoms with van der Waals surface area (Å²) in [6.07, 6.45) is 1.66. The van der Waals surface area contributed by atoms with Crippen LogP contribution in [0.3, 0.4) is 0 Å². The lowest BCUT2D eigenvalue weighted by Gasteiger charge is -2.31. The van der Waals surface area contributed by atoms with Crippen LogP contribution >= 0.6 is 0 Å². The Hall–Kier alpha value is -2.04. The molecule has 21 heavy (non-hydrogen) atoms. The zero-order valence-corrected chi connectivity index (χ0v) is 11.8. The number of hydrogen-bond acceptors (Lipinski definition) is 3. The van der Waals surface area contributed by atoms with Crippen molar-refractivity contribution in [2.24, 2.45) is 11.8 Å². The van der Waals surface area contributed by atoms with Gasteiger partial charge in [0, 0.05) is 12.6 Å². The van der Waals surface area contributed by atoms with Crippen LogP contribution in [0.5, 0.6) is 0 Å². The number of benzene rings is 1. The van der Waals surface area contributed by atoms with E-state index in [1.54, 1.807) is 4.90 Å². The molecule has 2 aliphatic rings. The molecule has 1 N–H and O–H groups in total. The van der Waals surface area contributed by atoms with E-state index in [2.05, 4.69) is 0 Å². The summed E-state index contributed by atoms with van der Waals surface area (Å²) in [5, 5.41) is 8.94. The number of fused-ring (bicyclic) bond motifs is 2. The van der Waals surface area contributed by atoms with Crippen molar-refractivity contribution in [3.05, 3.63) is 35.9 Å². The molecule has 1 saturated carbocycles. The SMILES string of the molecule is O=C(O)CC1CC2CC1N(C(=O)OCc1ccccc1)C2. The lowest BCUT2D eigenvalue weighted by molar-refractivity contribution is -0.138. The number of carboxylic acids is 1. The van der Waals surface area contributed by atoms with E-state index in [0.29, 0.717) is 12.5 Å². The summed E-state index contributed by atoms with van der Waals surface area (Å²) in [5.74, 6) is -0.278. The molecule has 112 valence electrons. The maximum atomic E-state index is 12.2. The second kappa shape index (κ2) is 5.76. The number of likely N-dealkylation sites (tertiary alicyclic amines) is 1. The van der Waals surface area contributed by atoms with Gasteiger partial charge in [0.15, 0.2) is 0 Å². The molecule has 3 atom stereocenters. The summed E-state index contributed by atoms with van der Waals surface area (Å²) < 4.78 is 5.36. The van der Waals surface area contributed by atoms with Gasteiger partial charge in [-0.15, -0.1) is 0 Å². The quantitative estimate of drug-likeness (QED) is 0.924. The van der Waals surface area contributed by atoms with Crippen LogP contribution in [0.15, 0.2) is 30.3 Å². The molecule has 1 saturated heterocycles. The summed E-state index contributed by atoms with van der Waals surface area (Å²) in [4.78, 5) is 24.8. The third kappa shape index (κ3) is 3.01. The molecule has 2 bridgehead atoms. The van der Waals surface area contributed by atoms with Crippen molar-refractivity contribution in [2.75, 3.05) is 6.54 Å². The Morgan fingerprint density at radius 1 is 1.24 bits per heavy atom. The molecular formula is C16H19NO4. The first-order valence-corrected chi connectivity index (χ1v) is 7.32. The number of aliphatic carboxylic acids is 1. The van der Waals surface area contributed by atoms with Gasteiger partial charge < -0.3 is 14.7 Å². The van der Waals surface area contributed by atoms with Crippen molar-refractivity contribution in [3.63, 3.8) is 0 Å². The van der Waals surface area contributed by atoms with Crippen molar-refractivity contribution in [1.29, 1.82) is 0 Å². The van der Waals surface area contributed by atoms with Crippen LogP contribution in [-0.2, 0) is 16.1 Å². The average molecular weight is 289 g/mol. The van der Waals surface area contributed by atoms with Crippen LogP contribution in [0.4, 0.5) is 4.79 Å². The number of piperidine rings is 1. The first kappa shape index (κ1) is 13.9. The number of carbonyl (C=O) groups is 2. The number of carboxylic acid groups (broad SMARTS) is 1. The van der Waals surface area contributed by atoms with Gasteiger partial charge >= 0.3 is 12.1 Å². The standard InChI is InChI=1S/C16H19NO4/c18-15(19)8-13-6-12-7-14(13)17(9-12)16(20)21-10-11-4-2-1-3-5-11/h1-5,12-14H,6-10H2,(H,18,19). The minimum atomic E-state index is -0.787. The predicted molar refractivity (Wildman–Crippen MR) is 75.6 cm³/mol. The van der Waals surface area contributed by atoms with Gasteiger partial charge in [-0.2, -0.15) is 0 Å². The predicted octanol–water partition coefficient (Wildman–Crippen LogP) is 2.51. The maximum absolute atomic E-state index is 12.2. The second-order valence-corrected chi connectivity index (χ2v) is 5.96. The molecule has 3 rings (SSSR count). The van der Waals surface area contributed by atoms with E-state index in [4.69, 9.17) is 9.84 Å². The zero-order valence-electron chi connectivity index (χ0n) is 11.8. The first-order chi connectivity index (χ1) is 10.1. The number of carbonyl (C=O) groups excluding carboxylic acids is 1. The molecule has 1 aromatic carbocycles. The molecule has 0 spiro atoms. The fourth-order valence-electron chi connectivity index (χ4n) is 3.62. The smallest absolute Gasteiger partial charge is 0.410 e. The molecule has 5 nitrogen and oxygen atoms in total. The highest BCUT2D eigenvalue weighted by molar-refractivity contribution is 5.70. The van der Waals surface area contributed by atoms with Gasteiger partial charge in [0.1, 0.15) is 6.61 Å². The summed E-state index contributed by atoms with van der Waals surface area (Å²) in [7, 11) is 0. The van der Waals surface area contributed by atoms with E-state index in [1.165, 1.54) is 0 Å². The fraction of sp³-hybridized carbons (Fsp3) is 0.500. The Kier molecular flexibility index (Phi) is 3.82. The molecule has 1 heterocycles. The van der Waals surface area contributed by atoms with Crippen molar-refractivity contribution in [2.45, 2.75) is 31.9 Å². The number of hydrogen-bond donors (Lipinski definition) is 1. The summed E-state index contributed by atoms with van der Waals surface area (Å²) in [6, 6.07) is 9.59. The Morgan fingerprint density at radius 3 is 2.67 bits per heavy atom. The number of amides is 1. The third-order valence-electron chi connectivity index (χ3n) is 4.49. The number of nitrogens with zero attached hydrogens (tertiary/aromatic N) is 1. The highest BCUT2D eigenvalue weighted by Gasteiger charge is 2.47. The van der Waals surface area contributed by atoms with Crippen LogP contribution < -0.4 is 0 Å². The average Bonchev–Trinajstić information content (AvgIpc) is 3.05. The Morgan fingerprint density at radius 2 is 2.00 bits per heavy atom. The highest BCUT2D eigenvalue weighted by atomic mass is 16.6. The lowest BCUT2D eigenvalue weighted by Crippen LogP contribution is -2.43. The Labute approximate surface area is 123 Å². The molecule has 1 aliphatic heterocycles. The molecule has 1 amide bonds. The van der Waals surface area contributed by atoms with Crippen LogP contribution in [0.1, 0.15) is 24.8 Å². The molecule has 1 aromatic rings. The normalized spacial score (nSPS) is 26.9. The van der Waals surface area contributed by atoms with Crippen LogP contribution in [0.25, 0.3) is 0 Å². The number of ether oxygens (including phenoxy) is 1. The van der Waals surface area contributed by atoms with Crippen molar-refractivity contribution < 1.29 is 19.4 Å². The van der Waals surface area contributed by atoms with Gasteiger partial charge in [0.05, 0.1) is 6.42 Å². The van der Waals surface area contributed by atoms with E-state index in [9.17, 15) is 9.59 Å². The molecule has 2 fully saturated rings. The Bertz CT molecular complexity index is 530. The van der Waals surface area contributed by atoms with E-state index in [1.807, 2.05) is 30.3 Å². The fourth-order valence-corrected chi connectivity index (χ4v) is 3.62. The molecule has 5 heteroatoms. The zero-order chi connectivity index (χ0) is 14.8. The monoisotopic (exact) mass is 289 g/mol. The topological polar surface area (TPSA) is 66.8 Å². The molecule has 1 aliphatic carbocycles. The molecular weight excluding hydrogens is 270 g/mol. The van der Waals surface area contributed by atoms with E-state index in [-0.39, 0.29) is 31.1 Å². The van der Waals surface area contributed by atoms with E-state index >= 15 is 0 Å². The molecule has 0 aromatic heterocycles. The minimum absolute atomic E-state index is 0.0365. The Balaban J connectivity index is 1.57. The second-order valence-electron chi connectivity index (χ2n) is 5.96. The lowest BCUT2D eigenvalue weighted by atomic mass is 9.95. The minimum Gasteiger partial charge on any atom is -0.481 e. The van der Waals surface area contributed by atoms with Gasteiger partial charge in [0.25, 0.3) is 0 Å². The van der Waals surface area contributed by atoms with E-state index < -0.39 is 5.97 Å². The summed E-state index contributed by atoms with van der Waals surface area (Å²) >= 11 is 0. The third-order valence-corrected chi connectivity index (χ3v) is 4.49. The van der Waals surface area contributed by atoms with Gasteiger partial charge in [-0.3, -0.25) is 4.79 Å². The van der Waals surface area contributed by atoms with Crippen LogP contribution in [-0.4, -0.2) is 34.7 Å². The van der Waals surface area contributed by atoms with Crippen molar-refractivity contribution in [1.82, 2.24) is 4.90 Å². The summed E-state index contributed by atoms with van der Waals surface area (Å²) in [6.45, 7) is 0.964. The van der Waals surface area contributed by atoms with E-state index in [0.717, 1.165) is 18.4 Å². The van der Waals surface area contributed by atoms with Crippen LogP contribution in [0.2, 0.25) is 0 Å². The van der Waals surface area contributed by atoms with Gasteiger partial charge in [-0.1, -0.05) is 30.3 Å². The molecule has 3 unspecified atom stereocenters. The van der Waals surface area contributed by atoms with Crippen LogP contribution in [0, 0.1) is 11.8 Å². The number of rotatable bonds is 4. The molecule has 0 radical (unpaired) electrons. The van der Waals surface area contributed by atoms with Crippen molar-refractivity contribution >= 4 is 12.1 Å².